The van der Waals surface area contributed by atoms with Crippen LogP contribution < -0.4 is 14.4 Å². The van der Waals surface area contributed by atoms with Crippen LogP contribution in [0.2, 0.25) is 0 Å². The Bertz CT molecular complexity index is 744. The van der Waals surface area contributed by atoms with E-state index in [9.17, 15) is 8.42 Å². The molecule has 0 amide bonds. The molecule has 2 aromatic rings. The van der Waals surface area contributed by atoms with Crippen molar-refractivity contribution in [2.75, 3.05) is 30.8 Å². The first-order chi connectivity index (χ1) is 9.86. The fourth-order valence-corrected chi connectivity index (χ4v) is 5.12. The molecular weight excluding hydrogens is 378 g/mol. The number of rotatable bonds is 5. The lowest BCUT2D eigenvalue weighted by atomic mass is 10.3. The molecule has 21 heavy (non-hydrogen) atoms. The third-order valence-electron chi connectivity index (χ3n) is 2.63. The lowest BCUT2D eigenvalue weighted by Gasteiger charge is -2.19. The molecule has 0 fully saturated rings. The monoisotopic (exact) mass is 391 g/mol. The number of methoxy groups -OCH3 is 1. The van der Waals surface area contributed by atoms with Gasteiger partial charge < -0.3 is 9.64 Å². The van der Waals surface area contributed by atoms with E-state index in [1.807, 2.05) is 14.1 Å². The molecule has 0 aromatic carbocycles. The van der Waals surface area contributed by atoms with Crippen LogP contribution in [0.15, 0.2) is 32.4 Å². The number of pyridine rings is 1. The molecule has 1 N–H and O–H groups in total. The van der Waals surface area contributed by atoms with Crippen molar-refractivity contribution >= 4 is 48.7 Å². The van der Waals surface area contributed by atoms with Crippen molar-refractivity contribution < 1.29 is 13.2 Å². The van der Waals surface area contributed by atoms with Crippen molar-refractivity contribution in [3.8, 4) is 5.88 Å². The average Bonchev–Trinajstić information content (AvgIpc) is 2.85. The molecule has 0 saturated carbocycles. The van der Waals surface area contributed by atoms with Gasteiger partial charge in [-0.15, -0.1) is 11.3 Å². The molecule has 0 radical (unpaired) electrons. The van der Waals surface area contributed by atoms with E-state index in [1.165, 1.54) is 7.11 Å². The highest BCUT2D eigenvalue weighted by molar-refractivity contribution is 9.10. The molecule has 0 unspecified atom stereocenters. The molecule has 2 aromatic heterocycles. The maximum Gasteiger partial charge on any atom is 0.272 e. The number of thiophene rings is 1. The zero-order chi connectivity index (χ0) is 15.6. The quantitative estimate of drug-likeness (QED) is 0.847. The number of sulfonamides is 1. The molecular formula is C12H14BrN3O3S2. The van der Waals surface area contributed by atoms with E-state index in [0.717, 1.165) is 11.3 Å². The molecule has 6 nitrogen and oxygen atoms in total. The van der Waals surface area contributed by atoms with Gasteiger partial charge in [0.05, 0.1) is 12.8 Å². The lowest BCUT2D eigenvalue weighted by molar-refractivity contribution is 0.400. The molecule has 2 heterocycles. The standard InChI is InChI=1S/C12H14BrN3O3S2/c1-16(2)9-4-6-14-11(19-3)10(9)15-21(17,18)12-8(13)5-7-20-12/h4-7,15H,1-3H3. The molecule has 0 bridgehead atoms. The van der Waals surface area contributed by atoms with Gasteiger partial charge >= 0.3 is 0 Å². The minimum atomic E-state index is -3.71. The number of halogens is 1. The average molecular weight is 392 g/mol. The Balaban J connectivity index is 2.51. The minimum Gasteiger partial charge on any atom is -0.479 e. The molecule has 0 aliphatic rings. The zero-order valence-electron chi connectivity index (χ0n) is 11.6. The molecule has 9 heteroatoms. The summed E-state index contributed by atoms with van der Waals surface area (Å²) in [7, 11) is 1.36. The Morgan fingerprint density at radius 1 is 1.38 bits per heavy atom. The fraction of sp³-hybridized carbons (Fsp3) is 0.250. The Labute approximate surface area is 135 Å². The summed E-state index contributed by atoms with van der Waals surface area (Å²) < 4.78 is 33.4. The predicted octanol–water partition coefficient (Wildman–Crippen LogP) is 2.78. The van der Waals surface area contributed by atoms with Crippen molar-refractivity contribution in [3.63, 3.8) is 0 Å². The van der Waals surface area contributed by atoms with Crippen molar-refractivity contribution in [3.05, 3.63) is 28.2 Å². The summed E-state index contributed by atoms with van der Waals surface area (Å²) in [5, 5.41) is 1.70. The van der Waals surface area contributed by atoms with Crippen LogP contribution >= 0.6 is 27.3 Å². The van der Waals surface area contributed by atoms with Gasteiger partial charge in [0.1, 0.15) is 5.69 Å². The number of ether oxygens (including phenoxy) is 1. The van der Waals surface area contributed by atoms with Gasteiger partial charge in [0.25, 0.3) is 10.0 Å². The van der Waals surface area contributed by atoms with Crippen LogP contribution in [-0.2, 0) is 10.0 Å². The Morgan fingerprint density at radius 2 is 2.10 bits per heavy atom. The van der Waals surface area contributed by atoms with Crippen LogP contribution in [0.5, 0.6) is 5.88 Å². The summed E-state index contributed by atoms with van der Waals surface area (Å²) in [6.45, 7) is 0. The van der Waals surface area contributed by atoms with E-state index in [1.54, 1.807) is 28.6 Å². The maximum atomic E-state index is 12.5. The minimum absolute atomic E-state index is 0.207. The first-order valence-electron chi connectivity index (χ1n) is 5.83. The van der Waals surface area contributed by atoms with Crippen LogP contribution in [-0.4, -0.2) is 34.6 Å². The van der Waals surface area contributed by atoms with Gasteiger partial charge in [0.2, 0.25) is 5.88 Å². The third-order valence-corrected chi connectivity index (χ3v) is 6.65. The molecule has 114 valence electrons. The van der Waals surface area contributed by atoms with Crippen LogP contribution in [0, 0.1) is 0 Å². The second-order valence-electron chi connectivity index (χ2n) is 4.27. The summed E-state index contributed by atoms with van der Waals surface area (Å²) in [6, 6.07) is 3.40. The van der Waals surface area contributed by atoms with E-state index in [4.69, 9.17) is 4.74 Å². The highest BCUT2D eigenvalue weighted by atomic mass is 79.9. The SMILES string of the molecule is COc1nccc(N(C)C)c1NS(=O)(=O)c1sccc1Br. The van der Waals surface area contributed by atoms with Gasteiger partial charge in [-0.25, -0.2) is 13.4 Å². The smallest absolute Gasteiger partial charge is 0.272 e. The first-order valence-corrected chi connectivity index (χ1v) is 8.98. The number of nitrogens with zero attached hydrogens (tertiary/aromatic N) is 2. The van der Waals surface area contributed by atoms with Gasteiger partial charge in [-0.3, -0.25) is 4.72 Å². The normalized spacial score (nSPS) is 11.2. The molecule has 0 atom stereocenters. The molecule has 0 aliphatic carbocycles. The summed E-state index contributed by atoms with van der Waals surface area (Å²) in [5.74, 6) is 0.220. The zero-order valence-corrected chi connectivity index (χ0v) is 14.8. The third kappa shape index (κ3) is 3.30. The van der Waals surface area contributed by atoms with Gasteiger partial charge in [0, 0.05) is 24.8 Å². The largest absolute Gasteiger partial charge is 0.479 e. The Kier molecular flexibility index (Phi) is 4.74. The van der Waals surface area contributed by atoms with E-state index >= 15 is 0 Å². The molecule has 0 saturated heterocycles. The highest BCUT2D eigenvalue weighted by Crippen LogP contribution is 2.36. The van der Waals surface area contributed by atoms with Gasteiger partial charge in [-0.05, 0) is 33.4 Å². The first kappa shape index (κ1) is 16.1. The number of aromatic nitrogens is 1. The van der Waals surface area contributed by atoms with E-state index in [-0.39, 0.29) is 10.1 Å². The molecule has 0 aliphatic heterocycles. The van der Waals surface area contributed by atoms with Crippen molar-refractivity contribution in [2.45, 2.75) is 4.21 Å². The fourth-order valence-electron chi connectivity index (χ4n) is 1.71. The number of nitrogens with one attached hydrogen (secondary N) is 1. The summed E-state index contributed by atoms with van der Waals surface area (Å²) in [4.78, 5) is 5.83. The Morgan fingerprint density at radius 3 is 2.62 bits per heavy atom. The van der Waals surface area contributed by atoms with E-state index in [0.29, 0.717) is 15.8 Å². The van der Waals surface area contributed by atoms with E-state index in [2.05, 4.69) is 25.6 Å². The van der Waals surface area contributed by atoms with Crippen molar-refractivity contribution in [1.29, 1.82) is 0 Å². The maximum absolute atomic E-state index is 12.5. The molecule has 0 spiro atoms. The second kappa shape index (κ2) is 6.20. The number of hydrogen-bond donors (Lipinski definition) is 1. The summed E-state index contributed by atoms with van der Waals surface area (Å²) >= 11 is 4.36. The topological polar surface area (TPSA) is 71.5 Å². The van der Waals surface area contributed by atoms with Gasteiger partial charge in [-0.1, -0.05) is 0 Å². The Hall–Kier alpha value is -1.32. The van der Waals surface area contributed by atoms with Crippen molar-refractivity contribution in [2.24, 2.45) is 0 Å². The van der Waals surface area contributed by atoms with E-state index < -0.39 is 10.0 Å². The van der Waals surface area contributed by atoms with Crippen LogP contribution in [0.3, 0.4) is 0 Å². The number of anilines is 2. The summed E-state index contributed by atoms with van der Waals surface area (Å²) in [5.41, 5.74) is 0.975. The van der Waals surface area contributed by atoms with Gasteiger partial charge in [-0.2, -0.15) is 0 Å². The van der Waals surface area contributed by atoms with Crippen molar-refractivity contribution in [1.82, 2.24) is 4.98 Å². The van der Waals surface area contributed by atoms with Crippen LogP contribution in [0.25, 0.3) is 0 Å². The van der Waals surface area contributed by atoms with Gasteiger partial charge in [0.15, 0.2) is 4.21 Å². The highest BCUT2D eigenvalue weighted by Gasteiger charge is 2.23. The predicted molar refractivity (Wildman–Crippen MR) is 87.9 cm³/mol. The second-order valence-corrected chi connectivity index (χ2v) is 7.92. The van der Waals surface area contributed by atoms with Crippen LogP contribution in [0.1, 0.15) is 0 Å². The van der Waals surface area contributed by atoms with Crippen LogP contribution in [0.4, 0.5) is 11.4 Å². The lowest BCUT2D eigenvalue weighted by Crippen LogP contribution is -2.18. The molecule has 2 rings (SSSR count). The number of hydrogen-bond acceptors (Lipinski definition) is 6. The summed E-state index contributed by atoms with van der Waals surface area (Å²) in [6.07, 6.45) is 1.56.